The van der Waals surface area contributed by atoms with Crippen LogP contribution in [0.1, 0.15) is 18.7 Å². The third-order valence-corrected chi connectivity index (χ3v) is 7.36. The van der Waals surface area contributed by atoms with Crippen LogP contribution in [0.4, 0.5) is 0 Å². The minimum Gasteiger partial charge on any atom is -0.486 e. The predicted octanol–water partition coefficient (Wildman–Crippen LogP) is 0.752. The van der Waals surface area contributed by atoms with Gasteiger partial charge >= 0.3 is 0 Å². The molecule has 3 atom stereocenters. The van der Waals surface area contributed by atoms with Crippen molar-refractivity contribution in [1.29, 1.82) is 0 Å². The summed E-state index contributed by atoms with van der Waals surface area (Å²) in [5.74, 6) is 1.97. The maximum absolute atomic E-state index is 12.9. The summed E-state index contributed by atoms with van der Waals surface area (Å²) in [6.07, 6.45) is 3.49. The Morgan fingerprint density at radius 3 is 2.65 bits per heavy atom. The van der Waals surface area contributed by atoms with Gasteiger partial charge in [0.25, 0.3) is 0 Å². The first kappa shape index (κ1) is 17.4. The molecule has 3 unspecified atom stereocenters. The van der Waals surface area contributed by atoms with E-state index in [9.17, 15) is 8.42 Å². The molecule has 2 N–H and O–H groups in total. The van der Waals surface area contributed by atoms with Crippen molar-refractivity contribution in [3.63, 3.8) is 0 Å². The number of ether oxygens (including phenoxy) is 1. The van der Waals surface area contributed by atoms with Gasteiger partial charge in [0.2, 0.25) is 10.0 Å². The first-order valence-electron chi connectivity index (χ1n) is 8.76. The Kier molecular flexibility index (Phi) is 4.45. The van der Waals surface area contributed by atoms with Crippen LogP contribution in [0.25, 0.3) is 0 Å². The average Bonchev–Trinajstić information content (AvgIpc) is 3.32. The summed E-state index contributed by atoms with van der Waals surface area (Å²) in [5.41, 5.74) is 6.12. The number of sulfonamides is 1. The highest BCUT2D eigenvalue weighted by molar-refractivity contribution is 7.89. The molecule has 4 rings (SSSR count). The van der Waals surface area contributed by atoms with Gasteiger partial charge in [0.1, 0.15) is 18.7 Å². The first-order chi connectivity index (χ1) is 12.4. The van der Waals surface area contributed by atoms with Crippen molar-refractivity contribution in [3.8, 4) is 5.75 Å². The van der Waals surface area contributed by atoms with Crippen LogP contribution in [0.3, 0.4) is 0 Å². The van der Waals surface area contributed by atoms with Gasteiger partial charge in [-0.2, -0.15) is 9.40 Å². The molecule has 1 saturated carbocycles. The van der Waals surface area contributed by atoms with Crippen LogP contribution < -0.4 is 10.5 Å². The van der Waals surface area contributed by atoms with E-state index in [-0.39, 0.29) is 17.5 Å². The highest BCUT2D eigenvalue weighted by Gasteiger charge is 2.45. The fourth-order valence-corrected chi connectivity index (χ4v) is 5.45. The Morgan fingerprint density at radius 1 is 1.23 bits per heavy atom. The van der Waals surface area contributed by atoms with Crippen molar-refractivity contribution in [3.05, 3.63) is 36.4 Å². The molecule has 1 saturated heterocycles. The molecule has 140 valence electrons. The number of nitrogens with zero attached hydrogens (tertiary/aromatic N) is 4. The molecular formula is C17H23N5O3S. The summed E-state index contributed by atoms with van der Waals surface area (Å²) in [4.78, 5) is 4.38. The largest absolute Gasteiger partial charge is 0.486 e. The van der Waals surface area contributed by atoms with Gasteiger partial charge in [0, 0.05) is 26.2 Å². The number of hydrogen-bond acceptors (Lipinski definition) is 6. The van der Waals surface area contributed by atoms with E-state index in [1.807, 2.05) is 0 Å². The van der Waals surface area contributed by atoms with E-state index >= 15 is 0 Å². The summed E-state index contributed by atoms with van der Waals surface area (Å²) in [7, 11) is -1.70. The lowest BCUT2D eigenvalue weighted by Crippen LogP contribution is -2.33. The van der Waals surface area contributed by atoms with Gasteiger partial charge in [-0.3, -0.25) is 4.68 Å². The van der Waals surface area contributed by atoms with Crippen LogP contribution in [-0.2, 0) is 23.7 Å². The van der Waals surface area contributed by atoms with E-state index < -0.39 is 10.0 Å². The van der Waals surface area contributed by atoms with E-state index in [0.717, 1.165) is 12.8 Å². The Balaban J connectivity index is 1.43. The molecule has 8 nitrogen and oxygen atoms in total. The third kappa shape index (κ3) is 3.10. The van der Waals surface area contributed by atoms with Gasteiger partial charge in [-0.05, 0) is 48.9 Å². The minimum absolute atomic E-state index is 0.122. The number of aryl methyl sites for hydroxylation is 1. The van der Waals surface area contributed by atoms with E-state index in [1.54, 1.807) is 40.3 Å². The molecule has 0 spiro atoms. The summed E-state index contributed by atoms with van der Waals surface area (Å²) in [6, 6.07) is 6.65. The van der Waals surface area contributed by atoms with Crippen LogP contribution in [0.2, 0.25) is 0 Å². The van der Waals surface area contributed by atoms with Crippen molar-refractivity contribution in [1.82, 2.24) is 19.1 Å². The zero-order valence-electron chi connectivity index (χ0n) is 14.7. The lowest BCUT2D eigenvalue weighted by Gasteiger charge is -2.18. The molecule has 1 aliphatic carbocycles. The monoisotopic (exact) mass is 377 g/mol. The molecule has 2 aliphatic rings. The number of nitrogens with two attached hydrogens (primary N) is 1. The molecule has 2 fully saturated rings. The van der Waals surface area contributed by atoms with Crippen LogP contribution in [-0.4, -0.2) is 46.6 Å². The number of aromatic nitrogens is 3. The molecule has 26 heavy (non-hydrogen) atoms. The number of fused-ring (bicyclic) bond motifs is 1. The minimum atomic E-state index is -3.49. The summed E-state index contributed by atoms with van der Waals surface area (Å²) in [6.45, 7) is 1.37. The van der Waals surface area contributed by atoms with Gasteiger partial charge in [0.15, 0.2) is 5.82 Å². The predicted molar refractivity (Wildman–Crippen MR) is 94.7 cm³/mol. The Hall–Kier alpha value is -1.97. The van der Waals surface area contributed by atoms with Gasteiger partial charge in [0.05, 0.1) is 4.90 Å². The maximum Gasteiger partial charge on any atom is 0.243 e. The normalized spacial score (nSPS) is 26.2. The van der Waals surface area contributed by atoms with E-state index in [1.165, 1.54) is 6.33 Å². The number of rotatable bonds is 5. The molecule has 0 bridgehead atoms. The molecule has 1 aliphatic heterocycles. The SMILES string of the molecule is Cn1ncnc1COc1ccc(S(=O)(=O)N2CC3CCC(N)C3C2)cc1. The summed E-state index contributed by atoms with van der Waals surface area (Å²) < 4.78 is 34.7. The van der Waals surface area contributed by atoms with E-state index in [4.69, 9.17) is 10.5 Å². The van der Waals surface area contributed by atoms with Crippen molar-refractivity contribution in [2.75, 3.05) is 13.1 Å². The maximum atomic E-state index is 12.9. The standard InChI is InChI=1S/C17H23N5O3S/c1-21-17(19-11-20-21)10-25-13-3-5-14(6-4-13)26(23,24)22-8-12-2-7-16(18)15(12)9-22/h3-6,11-12,15-16H,2,7-10,18H2,1H3. The zero-order valence-corrected chi connectivity index (χ0v) is 15.5. The smallest absolute Gasteiger partial charge is 0.243 e. The van der Waals surface area contributed by atoms with Gasteiger partial charge in [-0.1, -0.05) is 0 Å². The molecule has 0 radical (unpaired) electrons. The second kappa shape index (κ2) is 6.64. The highest BCUT2D eigenvalue weighted by atomic mass is 32.2. The lowest BCUT2D eigenvalue weighted by atomic mass is 9.98. The fourth-order valence-electron chi connectivity index (χ4n) is 3.92. The molecule has 9 heteroatoms. The fraction of sp³-hybridized carbons (Fsp3) is 0.529. The molecule has 1 aromatic carbocycles. The average molecular weight is 377 g/mol. The number of benzene rings is 1. The van der Waals surface area contributed by atoms with Gasteiger partial charge < -0.3 is 10.5 Å². The molecule has 0 amide bonds. The van der Waals surface area contributed by atoms with Crippen molar-refractivity contribution >= 4 is 10.0 Å². The van der Waals surface area contributed by atoms with Crippen molar-refractivity contribution in [2.24, 2.45) is 24.6 Å². The highest BCUT2D eigenvalue weighted by Crippen LogP contribution is 2.39. The van der Waals surface area contributed by atoms with Crippen LogP contribution in [0.5, 0.6) is 5.75 Å². The molecule has 2 heterocycles. The van der Waals surface area contributed by atoms with Crippen molar-refractivity contribution in [2.45, 2.75) is 30.4 Å². The Morgan fingerprint density at radius 2 is 2.00 bits per heavy atom. The van der Waals surface area contributed by atoms with Crippen LogP contribution >= 0.6 is 0 Å². The van der Waals surface area contributed by atoms with E-state index in [0.29, 0.717) is 36.5 Å². The van der Waals surface area contributed by atoms with E-state index in [2.05, 4.69) is 10.1 Å². The topological polar surface area (TPSA) is 103 Å². The second-order valence-electron chi connectivity index (χ2n) is 7.05. The van der Waals surface area contributed by atoms with Gasteiger partial charge in [-0.25, -0.2) is 13.4 Å². The molecule has 2 aromatic rings. The van der Waals surface area contributed by atoms with Crippen molar-refractivity contribution < 1.29 is 13.2 Å². The summed E-state index contributed by atoms with van der Waals surface area (Å²) >= 11 is 0. The first-order valence-corrected chi connectivity index (χ1v) is 10.2. The van der Waals surface area contributed by atoms with Gasteiger partial charge in [-0.15, -0.1) is 0 Å². The molecule has 1 aromatic heterocycles. The van der Waals surface area contributed by atoms with Crippen LogP contribution in [0, 0.1) is 11.8 Å². The summed E-state index contributed by atoms with van der Waals surface area (Å²) in [5, 5.41) is 3.98. The second-order valence-corrected chi connectivity index (χ2v) is 8.99. The quantitative estimate of drug-likeness (QED) is 0.825. The molecular weight excluding hydrogens is 354 g/mol. The number of hydrogen-bond donors (Lipinski definition) is 1. The zero-order chi connectivity index (χ0) is 18.3. The third-order valence-electron chi connectivity index (χ3n) is 5.51. The Bertz CT molecular complexity index is 880. The Labute approximate surface area is 153 Å². The lowest BCUT2D eigenvalue weighted by molar-refractivity contribution is 0.289. The van der Waals surface area contributed by atoms with Crippen LogP contribution in [0.15, 0.2) is 35.5 Å².